The fourth-order valence-electron chi connectivity index (χ4n) is 2.82. The number of rotatable bonds is 3. The van der Waals surface area contributed by atoms with E-state index in [9.17, 15) is 9.59 Å². The lowest BCUT2D eigenvalue weighted by Gasteiger charge is -2.31. The molecule has 3 unspecified atom stereocenters. The highest BCUT2D eigenvalue weighted by Crippen LogP contribution is 2.16. The van der Waals surface area contributed by atoms with E-state index in [0.717, 1.165) is 19.4 Å². The molecule has 2 saturated heterocycles. The van der Waals surface area contributed by atoms with Crippen LogP contribution < -0.4 is 10.6 Å². The minimum Gasteiger partial charge on any atom is -0.378 e. The monoisotopic (exact) mass is 283 g/mol. The van der Waals surface area contributed by atoms with Crippen molar-refractivity contribution in [1.29, 1.82) is 0 Å². The van der Waals surface area contributed by atoms with Gasteiger partial charge in [-0.3, -0.25) is 9.59 Å². The van der Waals surface area contributed by atoms with Crippen LogP contribution in [-0.4, -0.2) is 61.6 Å². The summed E-state index contributed by atoms with van der Waals surface area (Å²) in [5.41, 5.74) is 0. The molecule has 0 aromatic rings. The van der Waals surface area contributed by atoms with Gasteiger partial charge in [-0.05, 0) is 33.2 Å². The zero-order chi connectivity index (χ0) is 14.5. The van der Waals surface area contributed by atoms with Crippen LogP contribution in [0.4, 0.5) is 0 Å². The summed E-state index contributed by atoms with van der Waals surface area (Å²) in [4.78, 5) is 26.2. The Hall–Kier alpha value is -1.14. The summed E-state index contributed by atoms with van der Waals surface area (Å²) in [5, 5.41) is 6.19. The molecule has 114 valence electrons. The standard InChI is InChI=1S/C14H25N3O3/c1-10-9-12(3-4-15-10)13(18)16-11(2)14(19)17-5-7-20-8-6-17/h10-12,15H,3-9H2,1-2H3,(H,16,18). The van der Waals surface area contributed by atoms with Crippen molar-refractivity contribution in [2.24, 2.45) is 5.92 Å². The van der Waals surface area contributed by atoms with E-state index in [-0.39, 0.29) is 17.7 Å². The van der Waals surface area contributed by atoms with Crippen LogP contribution in [-0.2, 0) is 14.3 Å². The predicted octanol–water partition coefficient (Wildman–Crippen LogP) is -0.262. The van der Waals surface area contributed by atoms with E-state index >= 15 is 0 Å². The van der Waals surface area contributed by atoms with Gasteiger partial charge >= 0.3 is 0 Å². The molecule has 0 aliphatic carbocycles. The maximum Gasteiger partial charge on any atom is 0.245 e. The van der Waals surface area contributed by atoms with Gasteiger partial charge in [0, 0.05) is 25.0 Å². The fraction of sp³-hybridized carbons (Fsp3) is 0.857. The molecule has 2 rings (SSSR count). The average Bonchev–Trinajstić information content (AvgIpc) is 2.47. The Morgan fingerprint density at radius 2 is 2.05 bits per heavy atom. The highest BCUT2D eigenvalue weighted by Gasteiger charge is 2.28. The molecule has 2 heterocycles. The number of piperidine rings is 1. The topological polar surface area (TPSA) is 70.7 Å². The van der Waals surface area contributed by atoms with Crippen LogP contribution in [0.2, 0.25) is 0 Å². The van der Waals surface area contributed by atoms with Crippen molar-refractivity contribution in [1.82, 2.24) is 15.5 Å². The molecule has 2 aliphatic rings. The van der Waals surface area contributed by atoms with Crippen LogP contribution in [0, 0.1) is 5.92 Å². The van der Waals surface area contributed by atoms with Crippen LogP contribution in [0.15, 0.2) is 0 Å². The van der Waals surface area contributed by atoms with Gasteiger partial charge in [-0.25, -0.2) is 0 Å². The Labute approximate surface area is 120 Å². The third-order valence-electron chi connectivity index (χ3n) is 4.05. The van der Waals surface area contributed by atoms with Gasteiger partial charge < -0.3 is 20.3 Å². The molecule has 2 N–H and O–H groups in total. The number of carbonyl (C=O) groups is 2. The maximum atomic E-state index is 12.2. The zero-order valence-electron chi connectivity index (χ0n) is 12.4. The molecule has 20 heavy (non-hydrogen) atoms. The molecule has 0 saturated carbocycles. The summed E-state index contributed by atoms with van der Waals surface area (Å²) in [6.45, 7) is 7.11. The molecule has 0 radical (unpaired) electrons. The summed E-state index contributed by atoms with van der Waals surface area (Å²) < 4.78 is 5.23. The number of amides is 2. The Morgan fingerprint density at radius 1 is 1.35 bits per heavy atom. The van der Waals surface area contributed by atoms with E-state index in [1.807, 2.05) is 0 Å². The van der Waals surface area contributed by atoms with Gasteiger partial charge in [0.15, 0.2) is 0 Å². The molecule has 6 nitrogen and oxygen atoms in total. The SMILES string of the molecule is CC1CC(C(=O)NC(C)C(=O)N2CCOCC2)CCN1. The molecule has 0 bridgehead atoms. The highest BCUT2D eigenvalue weighted by molar-refractivity contribution is 5.88. The van der Waals surface area contributed by atoms with Crippen molar-refractivity contribution < 1.29 is 14.3 Å². The molecule has 3 atom stereocenters. The highest BCUT2D eigenvalue weighted by atomic mass is 16.5. The smallest absolute Gasteiger partial charge is 0.245 e. The van der Waals surface area contributed by atoms with Gasteiger partial charge in [-0.15, -0.1) is 0 Å². The van der Waals surface area contributed by atoms with Crippen molar-refractivity contribution >= 4 is 11.8 Å². The normalized spacial score (nSPS) is 28.8. The number of ether oxygens (including phenoxy) is 1. The van der Waals surface area contributed by atoms with Crippen LogP contribution in [0.3, 0.4) is 0 Å². The second-order valence-electron chi connectivity index (χ2n) is 5.74. The molecular weight excluding hydrogens is 258 g/mol. The Morgan fingerprint density at radius 3 is 2.70 bits per heavy atom. The van der Waals surface area contributed by atoms with Gasteiger partial charge in [0.2, 0.25) is 11.8 Å². The first kappa shape index (κ1) is 15.3. The van der Waals surface area contributed by atoms with Gasteiger partial charge in [0.1, 0.15) is 6.04 Å². The fourth-order valence-corrected chi connectivity index (χ4v) is 2.82. The first-order valence-corrected chi connectivity index (χ1v) is 7.48. The van der Waals surface area contributed by atoms with E-state index in [2.05, 4.69) is 17.6 Å². The van der Waals surface area contributed by atoms with Gasteiger partial charge in [0.25, 0.3) is 0 Å². The first-order valence-electron chi connectivity index (χ1n) is 7.48. The van der Waals surface area contributed by atoms with Gasteiger partial charge in [-0.1, -0.05) is 0 Å². The number of hydrogen-bond acceptors (Lipinski definition) is 4. The average molecular weight is 283 g/mol. The largest absolute Gasteiger partial charge is 0.378 e. The molecule has 2 amide bonds. The second kappa shape index (κ2) is 7.04. The summed E-state index contributed by atoms with van der Waals surface area (Å²) in [6.07, 6.45) is 1.68. The van der Waals surface area contributed by atoms with E-state index in [1.165, 1.54) is 0 Å². The molecule has 6 heteroatoms. The van der Waals surface area contributed by atoms with Crippen molar-refractivity contribution in [3.63, 3.8) is 0 Å². The van der Waals surface area contributed by atoms with Gasteiger partial charge in [-0.2, -0.15) is 0 Å². The number of hydrogen-bond donors (Lipinski definition) is 2. The Kier molecular flexibility index (Phi) is 5.37. The van der Waals surface area contributed by atoms with Gasteiger partial charge in [0.05, 0.1) is 13.2 Å². The van der Waals surface area contributed by atoms with Crippen molar-refractivity contribution in [3.05, 3.63) is 0 Å². The first-order chi connectivity index (χ1) is 9.58. The minimum atomic E-state index is -0.453. The van der Waals surface area contributed by atoms with Crippen LogP contribution in [0.5, 0.6) is 0 Å². The molecule has 0 aromatic heterocycles. The van der Waals surface area contributed by atoms with Crippen molar-refractivity contribution in [3.8, 4) is 0 Å². The molecule has 0 spiro atoms. The lowest BCUT2D eigenvalue weighted by Crippen LogP contribution is -2.52. The summed E-state index contributed by atoms with van der Waals surface area (Å²) in [6, 6.07) is -0.0875. The Bertz CT molecular complexity index is 356. The van der Waals surface area contributed by atoms with E-state index in [4.69, 9.17) is 4.74 Å². The zero-order valence-corrected chi connectivity index (χ0v) is 12.4. The molecule has 0 aromatic carbocycles. The molecular formula is C14H25N3O3. The summed E-state index contributed by atoms with van der Waals surface area (Å²) in [7, 11) is 0. The lowest BCUT2D eigenvalue weighted by molar-refractivity contribution is -0.140. The van der Waals surface area contributed by atoms with Crippen molar-refractivity contribution in [2.75, 3.05) is 32.8 Å². The van der Waals surface area contributed by atoms with Crippen LogP contribution in [0.1, 0.15) is 26.7 Å². The third kappa shape index (κ3) is 3.93. The summed E-state index contributed by atoms with van der Waals surface area (Å²) >= 11 is 0. The maximum absolute atomic E-state index is 12.2. The summed E-state index contributed by atoms with van der Waals surface area (Å²) in [5.74, 6) is 0.0160. The predicted molar refractivity (Wildman–Crippen MR) is 75.2 cm³/mol. The second-order valence-corrected chi connectivity index (χ2v) is 5.74. The van der Waals surface area contributed by atoms with Crippen LogP contribution in [0.25, 0.3) is 0 Å². The lowest BCUT2D eigenvalue weighted by atomic mass is 9.92. The van der Waals surface area contributed by atoms with E-state index in [0.29, 0.717) is 32.3 Å². The number of morpholine rings is 1. The third-order valence-corrected chi connectivity index (χ3v) is 4.05. The molecule has 2 fully saturated rings. The molecule has 2 aliphatic heterocycles. The van der Waals surface area contributed by atoms with Crippen LogP contribution >= 0.6 is 0 Å². The number of carbonyl (C=O) groups excluding carboxylic acids is 2. The Balaban J connectivity index is 1.81. The van der Waals surface area contributed by atoms with E-state index in [1.54, 1.807) is 11.8 Å². The number of nitrogens with one attached hydrogen (secondary N) is 2. The number of nitrogens with zero attached hydrogens (tertiary/aromatic N) is 1. The minimum absolute atomic E-state index is 0.00691. The quantitative estimate of drug-likeness (QED) is 0.748. The van der Waals surface area contributed by atoms with E-state index < -0.39 is 6.04 Å². The van der Waals surface area contributed by atoms with Crippen molar-refractivity contribution in [2.45, 2.75) is 38.8 Å².